The summed E-state index contributed by atoms with van der Waals surface area (Å²) in [7, 11) is 1.36. The van der Waals surface area contributed by atoms with Gasteiger partial charge in [-0.1, -0.05) is 24.3 Å². The lowest BCUT2D eigenvalue weighted by Crippen LogP contribution is -2.07. The summed E-state index contributed by atoms with van der Waals surface area (Å²) in [6.07, 6.45) is 1.83. The molecular weight excluding hydrogens is 192 g/mol. The second-order valence-corrected chi connectivity index (χ2v) is 3.13. The Morgan fingerprint density at radius 3 is 3.00 bits per heavy atom. The molecule has 2 aromatic rings. The van der Waals surface area contributed by atoms with Crippen LogP contribution in [0, 0.1) is 0 Å². The molecule has 0 aliphatic rings. The standard InChI is InChI=1S/C11H10N2O2/c1-15-11(14)6-10-9-5-3-2-4-8(9)7-12-13-10/h2-5,7H,6H2,1H3. The molecule has 0 saturated heterocycles. The van der Waals surface area contributed by atoms with Gasteiger partial charge in [-0.2, -0.15) is 10.2 Å². The number of ether oxygens (including phenoxy) is 1. The molecule has 1 aromatic carbocycles. The van der Waals surface area contributed by atoms with E-state index in [-0.39, 0.29) is 12.4 Å². The molecule has 0 N–H and O–H groups in total. The first kappa shape index (κ1) is 9.58. The van der Waals surface area contributed by atoms with Gasteiger partial charge in [0.2, 0.25) is 0 Å². The van der Waals surface area contributed by atoms with Gasteiger partial charge < -0.3 is 4.74 Å². The van der Waals surface area contributed by atoms with E-state index in [1.54, 1.807) is 6.20 Å². The molecule has 0 fully saturated rings. The van der Waals surface area contributed by atoms with Crippen LogP contribution in [0.1, 0.15) is 5.69 Å². The molecule has 0 saturated carbocycles. The van der Waals surface area contributed by atoms with Crippen molar-refractivity contribution in [2.45, 2.75) is 6.42 Å². The molecule has 0 unspecified atom stereocenters. The third-order valence-electron chi connectivity index (χ3n) is 2.19. The Morgan fingerprint density at radius 2 is 2.20 bits per heavy atom. The van der Waals surface area contributed by atoms with Gasteiger partial charge >= 0.3 is 5.97 Å². The number of aromatic nitrogens is 2. The second-order valence-electron chi connectivity index (χ2n) is 3.13. The average molecular weight is 202 g/mol. The summed E-state index contributed by atoms with van der Waals surface area (Å²) in [5.41, 5.74) is 0.653. The smallest absolute Gasteiger partial charge is 0.311 e. The van der Waals surface area contributed by atoms with E-state index in [0.717, 1.165) is 10.8 Å². The van der Waals surface area contributed by atoms with Gasteiger partial charge in [-0.15, -0.1) is 0 Å². The Kier molecular flexibility index (Phi) is 2.58. The van der Waals surface area contributed by atoms with Crippen molar-refractivity contribution in [1.29, 1.82) is 0 Å². The Labute approximate surface area is 86.9 Å². The quantitative estimate of drug-likeness (QED) is 0.690. The fourth-order valence-corrected chi connectivity index (χ4v) is 1.43. The van der Waals surface area contributed by atoms with E-state index >= 15 is 0 Å². The lowest BCUT2D eigenvalue weighted by molar-refractivity contribution is -0.139. The van der Waals surface area contributed by atoms with Crippen LogP contribution in [0.15, 0.2) is 30.5 Å². The Hall–Kier alpha value is -1.97. The van der Waals surface area contributed by atoms with Crippen LogP contribution in [0.5, 0.6) is 0 Å². The van der Waals surface area contributed by atoms with Crippen LogP contribution >= 0.6 is 0 Å². The monoisotopic (exact) mass is 202 g/mol. The van der Waals surface area contributed by atoms with Gasteiger partial charge in [0, 0.05) is 10.8 Å². The van der Waals surface area contributed by atoms with Crippen LogP contribution in [-0.2, 0) is 16.0 Å². The zero-order valence-electron chi connectivity index (χ0n) is 8.30. The molecule has 0 atom stereocenters. The number of carbonyl (C=O) groups excluding carboxylic acids is 1. The number of hydrogen-bond acceptors (Lipinski definition) is 4. The van der Waals surface area contributed by atoms with E-state index in [1.807, 2.05) is 24.3 Å². The van der Waals surface area contributed by atoms with Crippen LogP contribution in [0.3, 0.4) is 0 Å². The topological polar surface area (TPSA) is 52.1 Å². The fraction of sp³-hybridized carbons (Fsp3) is 0.182. The Morgan fingerprint density at radius 1 is 1.40 bits per heavy atom. The van der Waals surface area contributed by atoms with Crippen molar-refractivity contribution in [1.82, 2.24) is 10.2 Å². The van der Waals surface area contributed by atoms with Crippen molar-refractivity contribution in [3.05, 3.63) is 36.2 Å². The maximum atomic E-state index is 11.1. The van der Waals surface area contributed by atoms with E-state index in [4.69, 9.17) is 0 Å². The normalized spacial score (nSPS) is 10.2. The minimum Gasteiger partial charge on any atom is -0.469 e. The summed E-state index contributed by atoms with van der Waals surface area (Å²) < 4.78 is 4.60. The number of rotatable bonds is 2. The lowest BCUT2D eigenvalue weighted by atomic mass is 10.1. The molecule has 0 spiro atoms. The van der Waals surface area contributed by atoms with E-state index in [1.165, 1.54) is 7.11 Å². The third-order valence-corrected chi connectivity index (χ3v) is 2.19. The first-order valence-electron chi connectivity index (χ1n) is 4.57. The van der Waals surface area contributed by atoms with E-state index in [2.05, 4.69) is 14.9 Å². The van der Waals surface area contributed by atoms with Crippen LogP contribution in [0.25, 0.3) is 10.8 Å². The molecule has 0 bridgehead atoms. The summed E-state index contributed by atoms with van der Waals surface area (Å²) in [6.45, 7) is 0. The van der Waals surface area contributed by atoms with Crippen molar-refractivity contribution in [3.63, 3.8) is 0 Å². The predicted octanol–water partition coefficient (Wildman–Crippen LogP) is 1.35. The van der Waals surface area contributed by atoms with Gasteiger partial charge in [0.1, 0.15) is 0 Å². The number of esters is 1. The highest BCUT2D eigenvalue weighted by atomic mass is 16.5. The van der Waals surface area contributed by atoms with Crippen molar-refractivity contribution >= 4 is 16.7 Å². The molecule has 0 radical (unpaired) electrons. The highest BCUT2D eigenvalue weighted by molar-refractivity contribution is 5.86. The summed E-state index contributed by atoms with van der Waals surface area (Å²) >= 11 is 0. The van der Waals surface area contributed by atoms with Crippen molar-refractivity contribution < 1.29 is 9.53 Å². The molecule has 2 rings (SSSR count). The first-order chi connectivity index (χ1) is 7.31. The number of fused-ring (bicyclic) bond motifs is 1. The second kappa shape index (κ2) is 4.04. The molecule has 0 aliphatic carbocycles. The van der Waals surface area contributed by atoms with Crippen LogP contribution < -0.4 is 0 Å². The van der Waals surface area contributed by atoms with Crippen molar-refractivity contribution in [2.24, 2.45) is 0 Å². The highest BCUT2D eigenvalue weighted by Gasteiger charge is 2.08. The third kappa shape index (κ3) is 1.93. The number of carbonyl (C=O) groups is 1. The van der Waals surface area contributed by atoms with Crippen molar-refractivity contribution in [2.75, 3.05) is 7.11 Å². The van der Waals surface area contributed by atoms with E-state index < -0.39 is 0 Å². The van der Waals surface area contributed by atoms with Gasteiger partial charge in [-0.25, -0.2) is 0 Å². The summed E-state index contributed by atoms with van der Waals surface area (Å²) in [6, 6.07) is 7.68. The van der Waals surface area contributed by atoms with Crippen LogP contribution in [0.4, 0.5) is 0 Å². The molecule has 76 valence electrons. The first-order valence-corrected chi connectivity index (χ1v) is 4.57. The summed E-state index contributed by atoms with van der Waals surface area (Å²) in [5, 5.41) is 9.71. The van der Waals surface area contributed by atoms with Gasteiger partial charge in [0.25, 0.3) is 0 Å². The lowest BCUT2D eigenvalue weighted by Gasteiger charge is -2.02. The van der Waals surface area contributed by atoms with Gasteiger partial charge in [-0.3, -0.25) is 4.79 Å². The van der Waals surface area contributed by atoms with Gasteiger partial charge in [0.15, 0.2) is 0 Å². The average Bonchev–Trinajstić information content (AvgIpc) is 2.29. The minimum atomic E-state index is -0.305. The number of methoxy groups -OCH3 is 1. The van der Waals surface area contributed by atoms with E-state index in [0.29, 0.717) is 5.69 Å². The molecule has 1 aromatic heterocycles. The SMILES string of the molecule is COC(=O)Cc1nncc2ccccc12. The van der Waals surface area contributed by atoms with E-state index in [9.17, 15) is 4.79 Å². The molecule has 4 nitrogen and oxygen atoms in total. The molecule has 4 heteroatoms. The number of hydrogen-bond donors (Lipinski definition) is 0. The van der Waals surface area contributed by atoms with Crippen molar-refractivity contribution in [3.8, 4) is 0 Å². The van der Waals surface area contributed by atoms with Crippen LogP contribution in [0.2, 0.25) is 0 Å². The number of benzene rings is 1. The van der Waals surface area contributed by atoms with Gasteiger partial charge in [-0.05, 0) is 0 Å². The number of nitrogens with zero attached hydrogens (tertiary/aromatic N) is 2. The molecule has 1 heterocycles. The Bertz CT molecular complexity index is 491. The zero-order chi connectivity index (χ0) is 10.7. The highest BCUT2D eigenvalue weighted by Crippen LogP contribution is 2.15. The molecule has 0 aliphatic heterocycles. The summed E-state index contributed by atoms with van der Waals surface area (Å²) in [5.74, 6) is -0.305. The largest absolute Gasteiger partial charge is 0.469 e. The fourth-order valence-electron chi connectivity index (χ4n) is 1.43. The zero-order valence-corrected chi connectivity index (χ0v) is 8.30. The van der Waals surface area contributed by atoms with Crippen LogP contribution in [-0.4, -0.2) is 23.3 Å². The molecular formula is C11H10N2O2. The molecule has 0 amide bonds. The maximum absolute atomic E-state index is 11.1. The Balaban J connectivity index is 2.46. The molecule has 15 heavy (non-hydrogen) atoms. The summed E-state index contributed by atoms with van der Waals surface area (Å²) in [4.78, 5) is 11.1. The maximum Gasteiger partial charge on any atom is 0.311 e. The minimum absolute atomic E-state index is 0.158. The predicted molar refractivity (Wildman–Crippen MR) is 55.3 cm³/mol. The van der Waals surface area contributed by atoms with Gasteiger partial charge in [0.05, 0.1) is 25.4 Å².